The SMILES string of the molecule is CCN(CC)C(=O)C1(C)CCN1C(=O)C1(c2ccc(Cl)cc2)CC1. The molecule has 0 radical (unpaired) electrons. The predicted molar refractivity (Wildman–Crippen MR) is 95.0 cm³/mol. The summed E-state index contributed by atoms with van der Waals surface area (Å²) < 4.78 is 0. The lowest BCUT2D eigenvalue weighted by atomic mass is 9.81. The molecule has 1 aliphatic heterocycles. The van der Waals surface area contributed by atoms with Crippen molar-refractivity contribution in [2.45, 2.75) is 51.0 Å². The van der Waals surface area contributed by atoms with Crippen LogP contribution in [0.25, 0.3) is 0 Å². The van der Waals surface area contributed by atoms with E-state index in [0.29, 0.717) is 24.7 Å². The van der Waals surface area contributed by atoms with Gasteiger partial charge in [-0.05, 0) is 57.7 Å². The molecule has 0 aromatic heterocycles. The third kappa shape index (κ3) is 2.52. The van der Waals surface area contributed by atoms with Crippen molar-refractivity contribution >= 4 is 23.4 Å². The van der Waals surface area contributed by atoms with Crippen LogP contribution in [0.1, 0.15) is 45.6 Å². The van der Waals surface area contributed by atoms with Crippen LogP contribution in [0.3, 0.4) is 0 Å². The van der Waals surface area contributed by atoms with Gasteiger partial charge in [-0.3, -0.25) is 9.59 Å². The molecule has 2 aliphatic rings. The Kier molecular flexibility index (Phi) is 4.37. The van der Waals surface area contributed by atoms with Crippen molar-refractivity contribution in [1.82, 2.24) is 9.80 Å². The molecule has 1 aromatic carbocycles. The van der Waals surface area contributed by atoms with Gasteiger partial charge in [-0.15, -0.1) is 0 Å². The molecule has 130 valence electrons. The van der Waals surface area contributed by atoms with E-state index in [0.717, 1.165) is 24.8 Å². The zero-order valence-electron chi connectivity index (χ0n) is 14.6. The van der Waals surface area contributed by atoms with E-state index in [1.807, 2.05) is 49.9 Å². The van der Waals surface area contributed by atoms with Gasteiger partial charge in [-0.1, -0.05) is 23.7 Å². The lowest BCUT2D eigenvalue weighted by Gasteiger charge is -2.52. The average Bonchev–Trinajstić information content (AvgIpc) is 3.36. The highest BCUT2D eigenvalue weighted by atomic mass is 35.5. The lowest BCUT2D eigenvalue weighted by molar-refractivity contribution is -0.165. The third-order valence-corrected chi connectivity index (χ3v) is 5.98. The number of likely N-dealkylation sites (N-methyl/N-ethyl adjacent to an activating group) is 1. The molecule has 4 nitrogen and oxygen atoms in total. The van der Waals surface area contributed by atoms with Gasteiger partial charge in [0.25, 0.3) is 0 Å². The topological polar surface area (TPSA) is 40.6 Å². The molecule has 1 saturated heterocycles. The Morgan fingerprint density at radius 1 is 1.12 bits per heavy atom. The minimum absolute atomic E-state index is 0.0685. The fourth-order valence-electron chi connectivity index (χ4n) is 3.74. The molecule has 1 heterocycles. The van der Waals surface area contributed by atoms with Crippen LogP contribution in [0.5, 0.6) is 0 Å². The Hall–Kier alpha value is -1.55. The molecule has 1 atom stereocenters. The van der Waals surface area contributed by atoms with Crippen LogP contribution >= 0.6 is 11.6 Å². The number of halogens is 1. The smallest absolute Gasteiger partial charge is 0.248 e. The maximum Gasteiger partial charge on any atom is 0.248 e. The van der Waals surface area contributed by atoms with E-state index in [4.69, 9.17) is 11.6 Å². The minimum atomic E-state index is -0.689. The summed E-state index contributed by atoms with van der Waals surface area (Å²) >= 11 is 5.97. The van der Waals surface area contributed by atoms with Crippen LogP contribution in [-0.4, -0.2) is 46.8 Å². The van der Waals surface area contributed by atoms with Crippen molar-refractivity contribution in [1.29, 1.82) is 0 Å². The van der Waals surface area contributed by atoms with Crippen molar-refractivity contribution < 1.29 is 9.59 Å². The molecule has 0 spiro atoms. The number of rotatable bonds is 5. The molecule has 2 amide bonds. The van der Waals surface area contributed by atoms with Crippen LogP contribution in [0.15, 0.2) is 24.3 Å². The number of benzene rings is 1. The van der Waals surface area contributed by atoms with Gasteiger partial charge in [-0.2, -0.15) is 0 Å². The fourth-order valence-corrected chi connectivity index (χ4v) is 3.86. The molecule has 0 N–H and O–H groups in total. The normalized spacial score (nSPS) is 24.2. The van der Waals surface area contributed by atoms with Gasteiger partial charge < -0.3 is 9.80 Å². The summed E-state index contributed by atoms with van der Waals surface area (Å²) in [6, 6.07) is 7.55. The fraction of sp³-hybridized carbons (Fsp3) is 0.579. The molecule has 24 heavy (non-hydrogen) atoms. The van der Waals surface area contributed by atoms with Crippen LogP contribution in [0, 0.1) is 0 Å². The first kappa shape index (κ1) is 17.3. The quantitative estimate of drug-likeness (QED) is 0.819. The Bertz CT molecular complexity index is 650. The molecule has 0 bridgehead atoms. The Labute approximate surface area is 148 Å². The Balaban J connectivity index is 1.83. The summed E-state index contributed by atoms with van der Waals surface area (Å²) in [7, 11) is 0. The highest BCUT2D eigenvalue weighted by Gasteiger charge is 2.60. The summed E-state index contributed by atoms with van der Waals surface area (Å²) in [6.07, 6.45) is 2.43. The average molecular weight is 349 g/mol. The number of hydrogen-bond donors (Lipinski definition) is 0. The zero-order valence-corrected chi connectivity index (χ0v) is 15.4. The second kappa shape index (κ2) is 6.07. The summed E-state index contributed by atoms with van der Waals surface area (Å²) in [6.45, 7) is 7.88. The maximum absolute atomic E-state index is 13.2. The standard InChI is InChI=1S/C19H25ClN2O2/c1-4-21(5-2)16(23)18(3)12-13-22(18)17(24)19(10-11-19)14-6-8-15(20)9-7-14/h6-9H,4-5,10-13H2,1-3H3. The van der Waals surface area contributed by atoms with Gasteiger partial charge in [0, 0.05) is 24.7 Å². The van der Waals surface area contributed by atoms with E-state index >= 15 is 0 Å². The Morgan fingerprint density at radius 3 is 2.12 bits per heavy atom. The highest BCUT2D eigenvalue weighted by molar-refractivity contribution is 6.30. The number of carbonyl (C=O) groups is 2. The molecule has 1 aliphatic carbocycles. The van der Waals surface area contributed by atoms with E-state index in [1.54, 1.807) is 4.90 Å². The van der Waals surface area contributed by atoms with Gasteiger partial charge in [-0.25, -0.2) is 0 Å². The van der Waals surface area contributed by atoms with E-state index in [2.05, 4.69) is 0 Å². The molecule has 5 heteroatoms. The van der Waals surface area contributed by atoms with Gasteiger partial charge in [0.05, 0.1) is 5.41 Å². The largest absolute Gasteiger partial charge is 0.341 e. The number of likely N-dealkylation sites (tertiary alicyclic amines) is 1. The molecule has 3 rings (SSSR count). The number of nitrogens with zero attached hydrogens (tertiary/aromatic N) is 2. The van der Waals surface area contributed by atoms with Crippen LogP contribution in [0.2, 0.25) is 5.02 Å². The first-order valence-corrected chi connectivity index (χ1v) is 9.14. The molecule has 1 aromatic rings. The monoisotopic (exact) mass is 348 g/mol. The van der Waals surface area contributed by atoms with Crippen molar-refractivity contribution in [3.05, 3.63) is 34.9 Å². The second-order valence-corrected chi connectivity index (χ2v) is 7.48. The lowest BCUT2D eigenvalue weighted by Crippen LogP contribution is -2.69. The van der Waals surface area contributed by atoms with Gasteiger partial charge >= 0.3 is 0 Å². The first-order valence-electron chi connectivity index (χ1n) is 8.76. The summed E-state index contributed by atoms with van der Waals surface area (Å²) in [5, 5.41) is 0.674. The van der Waals surface area contributed by atoms with Gasteiger partial charge in [0.2, 0.25) is 11.8 Å². The van der Waals surface area contributed by atoms with Gasteiger partial charge in [0.15, 0.2) is 0 Å². The Morgan fingerprint density at radius 2 is 1.71 bits per heavy atom. The predicted octanol–water partition coefficient (Wildman–Crippen LogP) is 3.23. The van der Waals surface area contributed by atoms with E-state index in [9.17, 15) is 9.59 Å². The molecule has 2 fully saturated rings. The van der Waals surface area contributed by atoms with Crippen molar-refractivity contribution in [3.8, 4) is 0 Å². The van der Waals surface area contributed by atoms with Crippen molar-refractivity contribution in [2.24, 2.45) is 0 Å². The molecular formula is C19H25ClN2O2. The summed E-state index contributed by atoms with van der Waals surface area (Å²) in [5.41, 5.74) is -0.123. The van der Waals surface area contributed by atoms with E-state index in [1.165, 1.54) is 0 Å². The summed E-state index contributed by atoms with van der Waals surface area (Å²) in [5.74, 6) is 0.165. The van der Waals surface area contributed by atoms with Crippen LogP contribution in [0.4, 0.5) is 0 Å². The maximum atomic E-state index is 13.2. The van der Waals surface area contributed by atoms with E-state index < -0.39 is 11.0 Å². The summed E-state index contributed by atoms with van der Waals surface area (Å²) in [4.78, 5) is 29.7. The van der Waals surface area contributed by atoms with Gasteiger partial charge in [0.1, 0.15) is 5.54 Å². The van der Waals surface area contributed by atoms with E-state index in [-0.39, 0.29) is 11.8 Å². The van der Waals surface area contributed by atoms with Crippen LogP contribution < -0.4 is 0 Å². The third-order valence-electron chi connectivity index (χ3n) is 5.73. The number of carbonyl (C=O) groups excluding carboxylic acids is 2. The highest BCUT2D eigenvalue weighted by Crippen LogP contribution is 2.52. The minimum Gasteiger partial charge on any atom is -0.341 e. The number of hydrogen-bond acceptors (Lipinski definition) is 2. The van der Waals surface area contributed by atoms with Crippen LogP contribution in [-0.2, 0) is 15.0 Å². The first-order chi connectivity index (χ1) is 11.4. The zero-order chi connectivity index (χ0) is 17.5. The number of amides is 2. The van der Waals surface area contributed by atoms with Crippen molar-refractivity contribution in [3.63, 3.8) is 0 Å². The molecular weight excluding hydrogens is 324 g/mol. The molecule has 1 unspecified atom stereocenters. The second-order valence-electron chi connectivity index (χ2n) is 7.05. The van der Waals surface area contributed by atoms with Crippen molar-refractivity contribution in [2.75, 3.05) is 19.6 Å². The molecule has 1 saturated carbocycles.